The van der Waals surface area contributed by atoms with Gasteiger partial charge < -0.3 is 15.0 Å². The van der Waals surface area contributed by atoms with Crippen LogP contribution in [-0.2, 0) is 4.79 Å². The SMILES string of the molecule is CCC(C)c1ccc(OCC(=O)Nc2ccc(N3CCCC3)cc2)cc1. The second-order valence-corrected chi connectivity index (χ2v) is 6.96. The predicted octanol–water partition coefficient (Wildman–Crippen LogP) is 4.82. The number of anilines is 2. The molecule has 1 heterocycles. The van der Waals surface area contributed by atoms with Crippen LogP contribution in [-0.4, -0.2) is 25.6 Å². The summed E-state index contributed by atoms with van der Waals surface area (Å²) in [6.07, 6.45) is 3.63. The van der Waals surface area contributed by atoms with Gasteiger partial charge >= 0.3 is 0 Å². The van der Waals surface area contributed by atoms with Gasteiger partial charge in [0.2, 0.25) is 0 Å². The highest BCUT2D eigenvalue weighted by molar-refractivity contribution is 5.92. The van der Waals surface area contributed by atoms with Gasteiger partial charge in [0.25, 0.3) is 5.91 Å². The molecule has 1 fully saturated rings. The number of ether oxygens (including phenoxy) is 1. The highest BCUT2D eigenvalue weighted by atomic mass is 16.5. The summed E-state index contributed by atoms with van der Waals surface area (Å²) in [6, 6.07) is 16.0. The van der Waals surface area contributed by atoms with Crippen LogP contribution in [0.15, 0.2) is 48.5 Å². The van der Waals surface area contributed by atoms with Gasteiger partial charge in [-0.1, -0.05) is 26.0 Å². The molecule has 1 aliphatic heterocycles. The highest BCUT2D eigenvalue weighted by Gasteiger charge is 2.12. The van der Waals surface area contributed by atoms with Crippen molar-refractivity contribution in [3.8, 4) is 5.75 Å². The third kappa shape index (κ3) is 4.78. The van der Waals surface area contributed by atoms with Crippen LogP contribution in [0.25, 0.3) is 0 Å². The van der Waals surface area contributed by atoms with Gasteiger partial charge in [-0.15, -0.1) is 0 Å². The van der Waals surface area contributed by atoms with Gasteiger partial charge in [-0.3, -0.25) is 4.79 Å². The van der Waals surface area contributed by atoms with Gasteiger partial charge in [-0.2, -0.15) is 0 Å². The molecule has 1 amide bonds. The fraction of sp³-hybridized carbons (Fsp3) is 0.409. The van der Waals surface area contributed by atoms with E-state index in [1.165, 1.54) is 24.1 Å². The first kappa shape index (κ1) is 18.3. The van der Waals surface area contributed by atoms with Gasteiger partial charge in [0.1, 0.15) is 5.75 Å². The Morgan fingerprint density at radius 1 is 1.08 bits per heavy atom. The molecule has 4 nitrogen and oxygen atoms in total. The molecule has 3 rings (SSSR count). The maximum atomic E-state index is 12.1. The Bertz CT molecular complexity index is 704. The average Bonchev–Trinajstić information content (AvgIpc) is 3.21. The van der Waals surface area contributed by atoms with Crippen molar-refractivity contribution in [1.82, 2.24) is 0 Å². The minimum Gasteiger partial charge on any atom is -0.484 e. The van der Waals surface area contributed by atoms with Gasteiger partial charge in [-0.25, -0.2) is 0 Å². The lowest BCUT2D eigenvalue weighted by atomic mass is 9.99. The van der Waals surface area contributed by atoms with E-state index in [2.05, 4.69) is 48.3 Å². The van der Waals surface area contributed by atoms with Gasteiger partial charge in [0.15, 0.2) is 6.61 Å². The molecule has 1 saturated heterocycles. The van der Waals surface area contributed by atoms with E-state index in [0.717, 1.165) is 30.9 Å². The van der Waals surface area contributed by atoms with E-state index < -0.39 is 0 Å². The van der Waals surface area contributed by atoms with Gasteiger partial charge in [-0.05, 0) is 67.1 Å². The second kappa shape index (κ2) is 8.75. The zero-order valence-corrected chi connectivity index (χ0v) is 15.7. The van der Waals surface area contributed by atoms with Crippen LogP contribution in [0.1, 0.15) is 44.6 Å². The molecule has 1 unspecified atom stereocenters. The summed E-state index contributed by atoms with van der Waals surface area (Å²) in [5.74, 6) is 1.11. The molecule has 2 aromatic rings. The zero-order valence-electron chi connectivity index (χ0n) is 15.7. The van der Waals surface area contributed by atoms with Crippen LogP contribution in [0.2, 0.25) is 0 Å². The summed E-state index contributed by atoms with van der Waals surface area (Å²) in [5, 5.41) is 2.89. The largest absolute Gasteiger partial charge is 0.484 e. The highest BCUT2D eigenvalue weighted by Crippen LogP contribution is 2.23. The molecular weight excluding hydrogens is 324 g/mol. The zero-order chi connectivity index (χ0) is 18.4. The Morgan fingerprint density at radius 3 is 2.35 bits per heavy atom. The smallest absolute Gasteiger partial charge is 0.262 e. The Labute approximate surface area is 156 Å². The topological polar surface area (TPSA) is 41.6 Å². The van der Waals surface area contributed by atoms with Crippen LogP contribution < -0.4 is 15.0 Å². The minimum absolute atomic E-state index is 0.0105. The van der Waals surface area contributed by atoms with Crippen LogP contribution in [0.3, 0.4) is 0 Å². The van der Waals surface area contributed by atoms with Crippen LogP contribution in [0.4, 0.5) is 11.4 Å². The number of nitrogens with zero attached hydrogens (tertiary/aromatic N) is 1. The fourth-order valence-corrected chi connectivity index (χ4v) is 3.21. The lowest BCUT2D eigenvalue weighted by Crippen LogP contribution is -2.20. The molecule has 0 spiro atoms. The molecule has 1 N–H and O–H groups in total. The molecule has 1 aliphatic rings. The number of carbonyl (C=O) groups is 1. The molecule has 2 aromatic carbocycles. The van der Waals surface area contributed by atoms with Crippen molar-refractivity contribution in [1.29, 1.82) is 0 Å². The van der Waals surface area contributed by atoms with Crippen molar-refractivity contribution in [3.05, 3.63) is 54.1 Å². The first-order valence-electron chi connectivity index (χ1n) is 9.53. The minimum atomic E-state index is -0.148. The van der Waals surface area contributed by atoms with E-state index in [-0.39, 0.29) is 12.5 Å². The van der Waals surface area contributed by atoms with E-state index in [1.54, 1.807) is 0 Å². The van der Waals surface area contributed by atoms with E-state index in [9.17, 15) is 4.79 Å². The van der Waals surface area contributed by atoms with Crippen molar-refractivity contribution in [3.63, 3.8) is 0 Å². The maximum Gasteiger partial charge on any atom is 0.262 e. The summed E-state index contributed by atoms with van der Waals surface area (Å²) >= 11 is 0. The Balaban J connectivity index is 1.47. The first-order chi connectivity index (χ1) is 12.7. The van der Waals surface area contributed by atoms with Crippen LogP contribution in [0.5, 0.6) is 5.75 Å². The average molecular weight is 352 g/mol. The van der Waals surface area contributed by atoms with Crippen molar-refractivity contribution < 1.29 is 9.53 Å². The van der Waals surface area contributed by atoms with Gasteiger partial charge in [0.05, 0.1) is 0 Å². The van der Waals surface area contributed by atoms with E-state index >= 15 is 0 Å². The second-order valence-electron chi connectivity index (χ2n) is 6.96. The van der Waals surface area contributed by atoms with E-state index in [0.29, 0.717) is 5.92 Å². The summed E-state index contributed by atoms with van der Waals surface area (Å²) in [4.78, 5) is 14.5. The molecule has 0 bridgehead atoms. The maximum absolute atomic E-state index is 12.1. The standard InChI is InChI=1S/C22H28N2O2/c1-3-17(2)18-6-12-21(13-7-18)26-16-22(25)23-19-8-10-20(11-9-19)24-14-4-5-15-24/h6-13,17H,3-5,14-16H2,1-2H3,(H,23,25). The number of rotatable bonds is 7. The first-order valence-corrected chi connectivity index (χ1v) is 9.53. The van der Waals surface area contributed by atoms with E-state index in [1.807, 2.05) is 24.3 Å². The number of hydrogen-bond donors (Lipinski definition) is 1. The number of amides is 1. The molecule has 0 radical (unpaired) electrons. The summed E-state index contributed by atoms with van der Waals surface area (Å²) in [5.41, 5.74) is 3.31. The number of benzene rings is 2. The number of carbonyl (C=O) groups excluding carboxylic acids is 1. The molecule has 26 heavy (non-hydrogen) atoms. The molecule has 1 atom stereocenters. The normalized spacial score (nSPS) is 14.9. The lowest BCUT2D eigenvalue weighted by Gasteiger charge is -2.17. The van der Waals surface area contributed by atoms with Gasteiger partial charge in [0, 0.05) is 24.5 Å². The molecule has 138 valence electrons. The van der Waals surface area contributed by atoms with Crippen LogP contribution in [0, 0.1) is 0 Å². The third-order valence-electron chi connectivity index (χ3n) is 5.05. The van der Waals surface area contributed by atoms with Crippen molar-refractivity contribution in [2.24, 2.45) is 0 Å². The van der Waals surface area contributed by atoms with Crippen molar-refractivity contribution in [2.45, 2.75) is 39.0 Å². The lowest BCUT2D eigenvalue weighted by molar-refractivity contribution is -0.118. The summed E-state index contributed by atoms with van der Waals surface area (Å²) in [7, 11) is 0. The molecule has 0 aromatic heterocycles. The number of hydrogen-bond acceptors (Lipinski definition) is 3. The Morgan fingerprint density at radius 2 is 1.73 bits per heavy atom. The molecule has 0 saturated carbocycles. The predicted molar refractivity (Wildman–Crippen MR) is 107 cm³/mol. The molecule has 4 heteroatoms. The van der Waals surface area contributed by atoms with Crippen molar-refractivity contribution in [2.75, 3.05) is 29.9 Å². The van der Waals surface area contributed by atoms with Crippen LogP contribution >= 0.6 is 0 Å². The fourth-order valence-electron chi connectivity index (χ4n) is 3.21. The summed E-state index contributed by atoms with van der Waals surface area (Å²) in [6.45, 7) is 6.64. The quantitative estimate of drug-likeness (QED) is 0.777. The monoisotopic (exact) mass is 352 g/mol. The Kier molecular flexibility index (Phi) is 6.16. The molecular formula is C22H28N2O2. The molecule has 0 aliphatic carbocycles. The Hall–Kier alpha value is -2.49. The van der Waals surface area contributed by atoms with E-state index in [4.69, 9.17) is 4.74 Å². The third-order valence-corrected chi connectivity index (χ3v) is 5.05. The number of nitrogens with one attached hydrogen (secondary N) is 1. The summed E-state index contributed by atoms with van der Waals surface area (Å²) < 4.78 is 5.59. The van der Waals surface area contributed by atoms with Crippen molar-refractivity contribution >= 4 is 17.3 Å².